The van der Waals surface area contributed by atoms with E-state index in [1.807, 2.05) is 0 Å². The number of benzene rings is 1. The summed E-state index contributed by atoms with van der Waals surface area (Å²) in [7, 11) is -1.76. The highest BCUT2D eigenvalue weighted by atomic mass is 28.4. The number of Topliss-reactive ketones (excluding diaryl/α,β-unsaturated/α-hetero) is 1. The van der Waals surface area contributed by atoms with Gasteiger partial charge in [0.1, 0.15) is 0 Å². The van der Waals surface area contributed by atoms with Gasteiger partial charge in [0.15, 0.2) is 8.32 Å². The molecule has 0 bridgehead atoms. The third-order valence-corrected chi connectivity index (χ3v) is 11.1. The van der Waals surface area contributed by atoms with Crippen molar-refractivity contribution in [3.8, 4) is 11.8 Å². The second kappa shape index (κ2) is 11.6. The van der Waals surface area contributed by atoms with E-state index < -0.39 is 37.8 Å². The minimum absolute atomic E-state index is 0.000980. The zero-order chi connectivity index (χ0) is 25.5. The van der Waals surface area contributed by atoms with Crippen LogP contribution in [-0.4, -0.2) is 55.0 Å². The lowest BCUT2D eigenvalue weighted by molar-refractivity contribution is -0.143. The Kier molecular flexibility index (Phi) is 9.36. The van der Waals surface area contributed by atoms with Gasteiger partial charge in [-0.25, -0.2) is 0 Å². The number of hydrogen-bond acceptors (Lipinski definition) is 5. The van der Waals surface area contributed by atoms with Crippen LogP contribution in [0.4, 0.5) is 0 Å². The van der Waals surface area contributed by atoms with Crippen LogP contribution in [0.3, 0.4) is 0 Å². The minimum atomic E-state index is -1.76. The summed E-state index contributed by atoms with van der Waals surface area (Å²) in [5.41, 5.74) is 0.632. The van der Waals surface area contributed by atoms with Crippen molar-refractivity contribution in [2.75, 3.05) is 13.2 Å². The number of imide groups is 1. The zero-order valence-electron chi connectivity index (χ0n) is 20.8. The molecule has 1 atom stereocenters. The van der Waals surface area contributed by atoms with Gasteiger partial charge in [-0.15, -0.1) is 0 Å². The zero-order valence-corrected chi connectivity index (χ0v) is 21.8. The molecule has 2 amide bonds. The lowest BCUT2D eigenvalue weighted by atomic mass is 9.98. The van der Waals surface area contributed by atoms with Gasteiger partial charge in [-0.2, -0.15) is 0 Å². The number of carboxylic acids is 1. The molecule has 34 heavy (non-hydrogen) atoms. The summed E-state index contributed by atoms with van der Waals surface area (Å²) < 4.78 is 6.11. The molecule has 1 aliphatic rings. The Morgan fingerprint density at radius 3 is 2.21 bits per heavy atom. The molecule has 0 saturated heterocycles. The Bertz CT molecular complexity index is 964. The van der Waals surface area contributed by atoms with E-state index >= 15 is 0 Å². The molecule has 7 nitrogen and oxygen atoms in total. The average molecular weight is 486 g/mol. The molecule has 0 aromatic heterocycles. The number of carboxylic acid groups (broad SMARTS) is 1. The Morgan fingerprint density at radius 2 is 1.68 bits per heavy atom. The fourth-order valence-electron chi connectivity index (χ4n) is 3.34. The van der Waals surface area contributed by atoms with Crippen molar-refractivity contribution >= 4 is 31.9 Å². The molecule has 184 valence electrons. The molecular weight excluding hydrogens is 450 g/mol. The van der Waals surface area contributed by atoms with Crippen molar-refractivity contribution in [2.24, 2.45) is 5.92 Å². The molecule has 0 radical (unpaired) electrons. The molecule has 1 N–H and O–H groups in total. The number of carbonyl (C=O) groups is 4. The molecule has 8 heteroatoms. The molecule has 1 heterocycles. The van der Waals surface area contributed by atoms with E-state index in [-0.39, 0.29) is 24.4 Å². The van der Waals surface area contributed by atoms with E-state index in [2.05, 4.69) is 45.7 Å². The van der Waals surface area contributed by atoms with E-state index in [4.69, 9.17) is 4.43 Å². The van der Waals surface area contributed by atoms with E-state index in [9.17, 15) is 24.3 Å². The number of carbonyl (C=O) groups excluding carboxylic acids is 3. The molecular formula is C26H35NO6Si. The summed E-state index contributed by atoms with van der Waals surface area (Å²) in [5.74, 6) is 1.87. The van der Waals surface area contributed by atoms with Crippen LogP contribution >= 0.6 is 0 Å². The van der Waals surface area contributed by atoms with Gasteiger partial charge < -0.3 is 9.53 Å². The van der Waals surface area contributed by atoms with E-state index in [1.54, 1.807) is 24.3 Å². The number of hydrogen-bond donors (Lipinski definition) is 1. The maximum Gasteiger partial charge on any atom is 0.307 e. The molecule has 1 unspecified atom stereocenters. The van der Waals surface area contributed by atoms with Gasteiger partial charge in [0.05, 0.1) is 17.0 Å². The third-order valence-electron chi connectivity index (χ3n) is 6.55. The molecule has 0 fully saturated rings. The smallest absolute Gasteiger partial charge is 0.307 e. The second-order valence-corrected chi connectivity index (χ2v) is 14.9. The normalized spacial score (nSPS) is 14.4. The van der Waals surface area contributed by atoms with Crippen LogP contribution in [0.5, 0.6) is 0 Å². The quantitative estimate of drug-likeness (QED) is 0.162. The topological polar surface area (TPSA) is 101 Å². The highest BCUT2D eigenvalue weighted by molar-refractivity contribution is 6.74. The van der Waals surface area contributed by atoms with Crippen LogP contribution in [0, 0.1) is 17.8 Å². The van der Waals surface area contributed by atoms with Crippen molar-refractivity contribution in [3.63, 3.8) is 0 Å². The number of unbranched alkanes of at least 4 members (excludes halogenated alkanes) is 2. The number of fused-ring (bicyclic) bond motifs is 1. The van der Waals surface area contributed by atoms with E-state index in [1.165, 1.54) is 0 Å². The Labute approximate surface area is 203 Å². The summed E-state index contributed by atoms with van der Waals surface area (Å²) in [6.45, 7) is 11.6. The lowest BCUT2D eigenvalue weighted by Gasteiger charge is -2.36. The maximum absolute atomic E-state index is 12.4. The van der Waals surface area contributed by atoms with Gasteiger partial charge in [0.25, 0.3) is 11.8 Å². The molecule has 0 aliphatic carbocycles. The van der Waals surface area contributed by atoms with E-state index in [0.717, 1.165) is 17.7 Å². The number of rotatable bonds is 11. The van der Waals surface area contributed by atoms with Crippen LogP contribution in [0.25, 0.3) is 0 Å². The largest absolute Gasteiger partial charge is 0.481 e. The van der Waals surface area contributed by atoms with Gasteiger partial charge in [-0.1, -0.05) is 38.8 Å². The minimum Gasteiger partial charge on any atom is -0.481 e. The predicted molar refractivity (Wildman–Crippen MR) is 132 cm³/mol. The first-order valence-corrected chi connectivity index (χ1v) is 14.6. The fraction of sp³-hybridized carbons (Fsp3) is 0.538. The summed E-state index contributed by atoms with van der Waals surface area (Å²) in [5, 5.41) is 9.66. The SMILES string of the molecule is CC(C)(C)[Si](C)(C)OCCCCC#CC(=O)CC(CCN1C(=O)c2ccccc2C1=O)C(=O)O. The first kappa shape index (κ1) is 27.5. The number of aliphatic carboxylic acids is 1. The summed E-state index contributed by atoms with van der Waals surface area (Å²) in [6, 6.07) is 6.49. The molecule has 0 spiro atoms. The van der Waals surface area contributed by atoms with Crippen molar-refractivity contribution in [1.82, 2.24) is 4.90 Å². The molecule has 0 saturated carbocycles. The summed E-state index contributed by atoms with van der Waals surface area (Å²) in [6.07, 6.45) is 1.95. The number of nitrogens with zero attached hydrogens (tertiary/aromatic N) is 1. The highest BCUT2D eigenvalue weighted by Gasteiger charge is 2.37. The van der Waals surface area contributed by atoms with Crippen LogP contribution in [0.15, 0.2) is 24.3 Å². The van der Waals surface area contributed by atoms with Gasteiger partial charge in [-0.05, 0) is 55.4 Å². The summed E-state index contributed by atoms with van der Waals surface area (Å²) in [4.78, 5) is 49.7. The third kappa shape index (κ3) is 7.12. The van der Waals surface area contributed by atoms with Crippen LogP contribution in [-0.2, 0) is 14.0 Å². The molecule has 1 aliphatic heterocycles. The Morgan fingerprint density at radius 1 is 1.09 bits per heavy atom. The first-order chi connectivity index (χ1) is 15.8. The lowest BCUT2D eigenvalue weighted by Crippen LogP contribution is -2.40. The van der Waals surface area contributed by atoms with Crippen molar-refractivity contribution in [3.05, 3.63) is 35.4 Å². The van der Waals surface area contributed by atoms with Gasteiger partial charge in [0, 0.05) is 26.0 Å². The predicted octanol–water partition coefficient (Wildman–Crippen LogP) is 4.53. The molecule has 2 rings (SSSR count). The van der Waals surface area contributed by atoms with E-state index in [0.29, 0.717) is 24.2 Å². The van der Waals surface area contributed by atoms with Gasteiger partial charge in [-0.3, -0.25) is 24.1 Å². The maximum atomic E-state index is 12.4. The first-order valence-electron chi connectivity index (χ1n) is 11.7. The van der Waals surface area contributed by atoms with Crippen LogP contribution in [0.2, 0.25) is 18.1 Å². The van der Waals surface area contributed by atoms with Gasteiger partial charge >= 0.3 is 5.97 Å². The number of ketones is 1. The number of amides is 2. The Balaban J connectivity index is 1.77. The summed E-state index contributed by atoms with van der Waals surface area (Å²) >= 11 is 0. The van der Waals surface area contributed by atoms with Crippen molar-refractivity contribution < 1.29 is 28.7 Å². The monoisotopic (exact) mass is 485 g/mol. The highest BCUT2D eigenvalue weighted by Crippen LogP contribution is 2.36. The Hall–Kier alpha value is -2.76. The molecule has 1 aromatic carbocycles. The van der Waals surface area contributed by atoms with Gasteiger partial charge in [0.2, 0.25) is 5.78 Å². The standard InChI is InChI=1S/C26H35NO6Si/c1-26(2,3)34(4,5)33-17-11-7-6-8-12-20(28)18-19(25(31)32)15-16-27-23(29)21-13-9-10-14-22(21)24(27)30/h9-10,13-14,19H,6-7,11,15-18H2,1-5H3,(H,31,32). The second-order valence-electron chi connectivity index (χ2n) is 10.1. The average Bonchev–Trinajstić information content (AvgIpc) is 2.99. The van der Waals surface area contributed by atoms with Crippen LogP contribution in [0.1, 0.15) is 73.6 Å². The fourth-order valence-corrected chi connectivity index (χ4v) is 4.42. The van der Waals surface area contributed by atoms with Crippen molar-refractivity contribution in [1.29, 1.82) is 0 Å². The molecule has 1 aromatic rings. The van der Waals surface area contributed by atoms with Crippen molar-refractivity contribution in [2.45, 2.75) is 71.0 Å². The van der Waals surface area contributed by atoms with Crippen LogP contribution < -0.4 is 0 Å².